The van der Waals surface area contributed by atoms with Crippen molar-refractivity contribution < 1.29 is 17.6 Å². The van der Waals surface area contributed by atoms with Crippen LogP contribution in [0.3, 0.4) is 0 Å². The molecule has 0 aliphatic heterocycles. The fourth-order valence-corrected chi connectivity index (χ4v) is 6.24. The molecular formula is C27H23BrFN5O3S. The molecule has 0 unspecified atom stereocenters. The first-order valence-electron chi connectivity index (χ1n) is 11.8. The Morgan fingerprint density at radius 2 is 1.79 bits per heavy atom. The third kappa shape index (κ3) is 4.74. The van der Waals surface area contributed by atoms with Gasteiger partial charge in [0, 0.05) is 22.3 Å². The number of pyridine rings is 1. The lowest BCUT2D eigenvalue weighted by atomic mass is 10.1. The molecule has 3 heterocycles. The van der Waals surface area contributed by atoms with Crippen molar-refractivity contribution in [1.82, 2.24) is 24.1 Å². The molecule has 1 amide bonds. The maximum Gasteiger partial charge on any atom is 0.267 e. The third-order valence-electron chi connectivity index (χ3n) is 6.24. The van der Waals surface area contributed by atoms with Crippen molar-refractivity contribution in [2.24, 2.45) is 0 Å². The first-order chi connectivity index (χ1) is 18.2. The highest BCUT2D eigenvalue weighted by Crippen LogP contribution is 2.29. The summed E-state index contributed by atoms with van der Waals surface area (Å²) in [6, 6.07) is 13.5. The SMILES string of the molecule is CC[C@@H](NC(=O)c1cncc2c1cnn2-c1ccc(F)cc1)c1cc(Br)cn1S(=O)(=O)c1ccc(C)cc1. The van der Waals surface area contributed by atoms with E-state index < -0.39 is 22.0 Å². The molecule has 194 valence electrons. The largest absolute Gasteiger partial charge is 0.344 e. The molecule has 0 bridgehead atoms. The van der Waals surface area contributed by atoms with E-state index in [1.807, 2.05) is 13.8 Å². The van der Waals surface area contributed by atoms with Gasteiger partial charge in [-0.3, -0.25) is 9.78 Å². The summed E-state index contributed by atoms with van der Waals surface area (Å²) >= 11 is 3.39. The van der Waals surface area contributed by atoms with Crippen LogP contribution >= 0.6 is 15.9 Å². The number of hydrogen-bond donors (Lipinski definition) is 1. The van der Waals surface area contributed by atoms with Gasteiger partial charge in [0.05, 0.1) is 45.8 Å². The molecule has 0 saturated carbocycles. The highest BCUT2D eigenvalue weighted by atomic mass is 79.9. The van der Waals surface area contributed by atoms with E-state index in [0.29, 0.717) is 33.2 Å². The molecule has 0 fully saturated rings. The summed E-state index contributed by atoms with van der Waals surface area (Å²) in [5.74, 6) is -0.792. The molecule has 0 saturated heterocycles. The number of fused-ring (bicyclic) bond motifs is 1. The first kappa shape index (κ1) is 25.8. The molecule has 0 radical (unpaired) electrons. The van der Waals surface area contributed by atoms with E-state index in [4.69, 9.17) is 0 Å². The van der Waals surface area contributed by atoms with Gasteiger partial charge in [-0.2, -0.15) is 5.10 Å². The number of carbonyl (C=O) groups excluding carboxylic acids is 1. The number of aromatic nitrogens is 4. The summed E-state index contributed by atoms with van der Waals surface area (Å²) in [7, 11) is -3.90. The maximum atomic E-state index is 13.5. The summed E-state index contributed by atoms with van der Waals surface area (Å²) < 4.78 is 43.7. The zero-order valence-electron chi connectivity index (χ0n) is 20.5. The first-order valence-corrected chi connectivity index (χ1v) is 14.0. The second kappa shape index (κ2) is 10.1. The van der Waals surface area contributed by atoms with Crippen LogP contribution in [0.5, 0.6) is 0 Å². The number of carbonyl (C=O) groups is 1. The second-order valence-corrected chi connectivity index (χ2v) is 11.5. The summed E-state index contributed by atoms with van der Waals surface area (Å²) in [6.45, 7) is 3.75. The maximum absolute atomic E-state index is 13.5. The molecule has 5 aromatic rings. The Kier molecular flexibility index (Phi) is 6.89. The molecule has 8 nitrogen and oxygen atoms in total. The Labute approximate surface area is 227 Å². The van der Waals surface area contributed by atoms with Crippen LogP contribution in [0.2, 0.25) is 0 Å². The third-order valence-corrected chi connectivity index (χ3v) is 8.38. The fourth-order valence-electron chi connectivity index (χ4n) is 4.25. The molecule has 0 aliphatic carbocycles. The Bertz CT molecular complexity index is 1750. The summed E-state index contributed by atoms with van der Waals surface area (Å²) in [6.07, 6.45) is 6.49. The number of halogens is 2. The van der Waals surface area contributed by atoms with Crippen molar-refractivity contribution >= 4 is 42.8 Å². The highest BCUT2D eigenvalue weighted by molar-refractivity contribution is 9.10. The van der Waals surface area contributed by atoms with Crippen molar-refractivity contribution in [3.05, 3.63) is 106 Å². The lowest BCUT2D eigenvalue weighted by molar-refractivity contribution is 0.0936. The van der Waals surface area contributed by atoms with Gasteiger partial charge in [-0.1, -0.05) is 24.6 Å². The van der Waals surface area contributed by atoms with Crippen molar-refractivity contribution in [2.75, 3.05) is 0 Å². The number of rotatable bonds is 7. The van der Waals surface area contributed by atoms with Gasteiger partial charge in [-0.25, -0.2) is 21.5 Å². The molecule has 1 N–H and O–H groups in total. The molecule has 38 heavy (non-hydrogen) atoms. The zero-order chi connectivity index (χ0) is 27.0. The smallest absolute Gasteiger partial charge is 0.267 e. The standard InChI is InChI=1S/C27H23BrFN5O3S/c1-3-24(25-12-18(28)16-33(25)38(36,37)21-10-4-17(2)5-11-21)32-27(35)23-13-30-15-26-22(23)14-31-34(26)20-8-6-19(29)7-9-20/h4-16,24H,3H2,1-2H3,(H,32,35)/t24-/m1/s1. The number of nitrogens with zero attached hydrogens (tertiary/aromatic N) is 4. The van der Waals surface area contributed by atoms with Crippen LogP contribution in [0.15, 0.2) is 88.8 Å². The van der Waals surface area contributed by atoms with E-state index in [-0.39, 0.29) is 16.3 Å². The van der Waals surface area contributed by atoms with Crippen LogP contribution in [-0.2, 0) is 10.0 Å². The van der Waals surface area contributed by atoms with Crippen LogP contribution < -0.4 is 5.32 Å². The minimum atomic E-state index is -3.90. The van der Waals surface area contributed by atoms with E-state index >= 15 is 0 Å². The zero-order valence-corrected chi connectivity index (χ0v) is 22.9. The minimum absolute atomic E-state index is 0.149. The van der Waals surface area contributed by atoms with E-state index in [1.54, 1.807) is 59.5 Å². The molecule has 0 spiro atoms. The molecule has 2 aromatic carbocycles. The summed E-state index contributed by atoms with van der Waals surface area (Å²) in [5.41, 5.74) is 2.84. The average Bonchev–Trinajstić information content (AvgIpc) is 3.52. The van der Waals surface area contributed by atoms with Gasteiger partial charge < -0.3 is 5.32 Å². The quantitative estimate of drug-likeness (QED) is 0.266. The van der Waals surface area contributed by atoms with E-state index in [9.17, 15) is 17.6 Å². The van der Waals surface area contributed by atoms with Crippen molar-refractivity contribution in [2.45, 2.75) is 31.2 Å². The number of amides is 1. The summed E-state index contributed by atoms with van der Waals surface area (Å²) in [5, 5.41) is 7.89. The number of aryl methyl sites for hydroxylation is 1. The van der Waals surface area contributed by atoms with Crippen LogP contribution in [-0.4, -0.2) is 33.1 Å². The molecule has 5 rings (SSSR count). The number of nitrogens with one attached hydrogen (secondary N) is 1. The normalized spacial score (nSPS) is 12.5. The van der Waals surface area contributed by atoms with E-state index in [1.165, 1.54) is 28.5 Å². The van der Waals surface area contributed by atoms with E-state index in [0.717, 1.165) is 5.56 Å². The van der Waals surface area contributed by atoms with Crippen molar-refractivity contribution in [1.29, 1.82) is 0 Å². The molecule has 0 aliphatic rings. The predicted octanol–water partition coefficient (Wildman–Crippen LogP) is 5.55. The fraction of sp³-hybridized carbons (Fsp3) is 0.148. The van der Waals surface area contributed by atoms with Crippen LogP contribution in [0.25, 0.3) is 16.6 Å². The number of benzene rings is 2. The van der Waals surface area contributed by atoms with Gasteiger partial charge in [0.15, 0.2) is 0 Å². The predicted molar refractivity (Wildman–Crippen MR) is 145 cm³/mol. The highest BCUT2D eigenvalue weighted by Gasteiger charge is 2.26. The van der Waals surface area contributed by atoms with Crippen LogP contribution in [0.4, 0.5) is 4.39 Å². The molecule has 1 atom stereocenters. The van der Waals surface area contributed by atoms with Gasteiger partial charge in [0.1, 0.15) is 5.82 Å². The Morgan fingerprint density at radius 3 is 2.47 bits per heavy atom. The molecular weight excluding hydrogens is 573 g/mol. The van der Waals surface area contributed by atoms with Crippen LogP contribution in [0.1, 0.15) is 41.0 Å². The van der Waals surface area contributed by atoms with Crippen molar-refractivity contribution in [3.8, 4) is 5.69 Å². The van der Waals surface area contributed by atoms with Gasteiger partial charge in [-0.05, 0) is 71.7 Å². The van der Waals surface area contributed by atoms with Crippen LogP contribution in [0, 0.1) is 12.7 Å². The Morgan fingerprint density at radius 1 is 1.08 bits per heavy atom. The minimum Gasteiger partial charge on any atom is -0.344 e. The Balaban J connectivity index is 1.49. The number of hydrogen-bond acceptors (Lipinski definition) is 5. The lowest BCUT2D eigenvalue weighted by Gasteiger charge is -2.20. The van der Waals surface area contributed by atoms with Gasteiger partial charge in [0.2, 0.25) is 0 Å². The van der Waals surface area contributed by atoms with Gasteiger partial charge in [-0.15, -0.1) is 0 Å². The lowest BCUT2D eigenvalue weighted by Crippen LogP contribution is -2.31. The topological polar surface area (TPSA) is 98.9 Å². The average molecular weight is 596 g/mol. The van der Waals surface area contributed by atoms with E-state index in [2.05, 4.69) is 31.3 Å². The Hall–Kier alpha value is -3.83. The molecule has 11 heteroatoms. The van der Waals surface area contributed by atoms with Gasteiger partial charge in [0.25, 0.3) is 15.9 Å². The molecule has 3 aromatic heterocycles. The second-order valence-electron chi connectivity index (χ2n) is 8.78. The van der Waals surface area contributed by atoms with Crippen molar-refractivity contribution in [3.63, 3.8) is 0 Å². The van der Waals surface area contributed by atoms with Gasteiger partial charge >= 0.3 is 0 Å². The monoisotopic (exact) mass is 595 g/mol. The summed E-state index contributed by atoms with van der Waals surface area (Å²) in [4.78, 5) is 17.8.